The Balaban J connectivity index is 0.000000396. The maximum absolute atomic E-state index is 4.22. The van der Waals surface area contributed by atoms with Gasteiger partial charge in [-0.05, 0) is 19.4 Å². The highest BCUT2D eigenvalue weighted by Gasteiger charge is 2.01. The Morgan fingerprint density at radius 3 is 2.46 bits per heavy atom. The van der Waals surface area contributed by atoms with Crippen molar-refractivity contribution in [3.05, 3.63) is 23.7 Å². The number of H-pyrrole nitrogens is 1. The van der Waals surface area contributed by atoms with Crippen molar-refractivity contribution in [2.75, 3.05) is 0 Å². The molecule has 70 valence electrons. The third kappa shape index (κ3) is 1.69. The minimum atomic E-state index is 1.03. The molecule has 0 aliphatic rings. The highest BCUT2D eigenvalue weighted by Crippen LogP contribution is 2.15. The van der Waals surface area contributed by atoms with E-state index in [0.717, 1.165) is 22.2 Å². The molecule has 2 rings (SSSR count). The number of aryl methyl sites for hydroxylation is 2. The summed E-state index contributed by atoms with van der Waals surface area (Å²) >= 11 is 0. The molecule has 0 aliphatic carbocycles. The van der Waals surface area contributed by atoms with Crippen molar-refractivity contribution in [1.82, 2.24) is 15.2 Å². The van der Waals surface area contributed by atoms with Crippen LogP contribution < -0.4 is 0 Å². The van der Waals surface area contributed by atoms with Gasteiger partial charge in [-0.15, -0.1) is 0 Å². The molecule has 0 saturated heterocycles. The maximum Gasteiger partial charge on any atom is 0.0713 e. The van der Waals surface area contributed by atoms with Crippen LogP contribution in [0.15, 0.2) is 12.4 Å². The van der Waals surface area contributed by atoms with Gasteiger partial charge in [0.2, 0.25) is 0 Å². The predicted octanol–water partition coefficient (Wildman–Crippen LogP) is 2.60. The zero-order chi connectivity index (χ0) is 9.84. The monoisotopic (exact) mass is 177 g/mol. The van der Waals surface area contributed by atoms with Gasteiger partial charge in [0.25, 0.3) is 0 Å². The van der Waals surface area contributed by atoms with Gasteiger partial charge in [0.1, 0.15) is 0 Å². The molecule has 0 saturated carbocycles. The first kappa shape index (κ1) is 9.71. The summed E-state index contributed by atoms with van der Waals surface area (Å²) in [5.74, 6) is 0. The first-order chi connectivity index (χ1) is 6.29. The van der Waals surface area contributed by atoms with Gasteiger partial charge in [0.15, 0.2) is 0 Å². The minimum absolute atomic E-state index is 1.03. The summed E-state index contributed by atoms with van der Waals surface area (Å²) < 4.78 is 0. The zero-order valence-electron chi connectivity index (χ0n) is 8.55. The molecule has 0 unspecified atom stereocenters. The highest BCUT2D eigenvalue weighted by molar-refractivity contribution is 5.82. The highest BCUT2D eigenvalue weighted by atomic mass is 15.1. The number of aromatic nitrogens is 3. The molecule has 0 aromatic carbocycles. The van der Waals surface area contributed by atoms with E-state index >= 15 is 0 Å². The van der Waals surface area contributed by atoms with Crippen LogP contribution in [0.5, 0.6) is 0 Å². The summed E-state index contributed by atoms with van der Waals surface area (Å²) in [5, 5.41) is 8.01. The lowest BCUT2D eigenvalue weighted by Crippen LogP contribution is -1.84. The molecule has 2 aromatic rings. The molecule has 1 N–H and O–H groups in total. The Bertz CT molecular complexity index is 354. The Kier molecular flexibility index (Phi) is 3.01. The number of aromatic amines is 1. The largest absolute Gasteiger partial charge is 0.277 e. The van der Waals surface area contributed by atoms with Gasteiger partial charge in [0, 0.05) is 17.3 Å². The molecule has 0 spiro atoms. The Hall–Kier alpha value is -1.38. The molecule has 0 fully saturated rings. The summed E-state index contributed by atoms with van der Waals surface area (Å²) in [4.78, 5) is 4.22. The first-order valence-corrected chi connectivity index (χ1v) is 4.54. The van der Waals surface area contributed by atoms with Crippen molar-refractivity contribution in [2.24, 2.45) is 0 Å². The third-order valence-corrected chi connectivity index (χ3v) is 1.88. The lowest BCUT2D eigenvalue weighted by molar-refractivity contribution is 1.11. The van der Waals surface area contributed by atoms with Crippen LogP contribution in [-0.2, 0) is 0 Å². The summed E-state index contributed by atoms with van der Waals surface area (Å²) in [6.07, 6.45) is 3.67. The second-order valence-electron chi connectivity index (χ2n) is 2.69. The smallest absolute Gasteiger partial charge is 0.0713 e. The summed E-state index contributed by atoms with van der Waals surface area (Å²) in [5.41, 5.74) is 3.26. The average Bonchev–Trinajstić information content (AvgIpc) is 2.64. The molecular formula is C10H15N3. The Morgan fingerprint density at radius 2 is 1.85 bits per heavy atom. The maximum atomic E-state index is 4.22. The first-order valence-electron chi connectivity index (χ1n) is 4.54. The van der Waals surface area contributed by atoms with Crippen LogP contribution >= 0.6 is 0 Å². The lowest BCUT2D eigenvalue weighted by atomic mass is 10.2. The fourth-order valence-electron chi connectivity index (χ4n) is 1.19. The van der Waals surface area contributed by atoms with Gasteiger partial charge in [-0.2, -0.15) is 5.10 Å². The van der Waals surface area contributed by atoms with Crippen LogP contribution in [0, 0.1) is 13.8 Å². The number of hydrogen-bond donors (Lipinski definition) is 1. The van der Waals surface area contributed by atoms with Crippen molar-refractivity contribution < 1.29 is 0 Å². The van der Waals surface area contributed by atoms with E-state index in [1.807, 2.05) is 40.1 Å². The van der Waals surface area contributed by atoms with Crippen LogP contribution in [0.4, 0.5) is 0 Å². The van der Waals surface area contributed by atoms with Crippen LogP contribution in [0.25, 0.3) is 10.9 Å². The summed E-state index contributed by atoms with van der Waals surface area (Å²) in [6, 6.07) is 0. The van der Waals surface area contributed by atoms with E-state index in [1.54, 1.807) is 0 Å². The molecule has 13 heavy (non-hydrogen) atoms. The fraction of sp³-hybridized carbons (Fsp3) is 0.400. The second-order valence-corrected chi connectivity index (χ2v) is 2.69. The number of hydrogen-bond acceptors (Lipinski definition) is 2. The van der Waals surface area contributed by atoms with Crippen LogP contribution in [-0.4, -0.2) is 15.2 Å². The van der Waals surface area contributed by atoms with E-state index in [-0.39, 0.29) is 0 Å². The van der Waals surface area contributed by atoms with Crippen molar-refractivity contribution in [2.45, 2.75) is 27.7 Å². The third-order valence-electron chi connectivity index (χ3n) is 1.88. The van der Waals surface area contributed by atoms with Crippen molar-refractivity contribution in [3.8, 4) is 0 Å². The predicted molar refractivity (Wildman–Crippen MR) is 54.7 cm³/mol. The van der Waals surface area contributed by atoms with E-state index in [2.05, 4.69) is 15.2 Å². The SMILES string of the molecule is CC.Cc1ncc(C)c2[nH]ncc12. The number of fused-ring (bicyclic) bond motifs is 1. The van der Waals surface area contributed by atoms with E-state index in [0.29, 0.717) is 0 Å². The topological polar surface area (TPSA) is 41.6 Å². The molecule has 0 radical (unpaired) electrons. The van der Waals surface area contributed by atoms with Gasteiger partial charge in [-0.1, -0.05) is 13.8 Å². The van der Waals surface area contributed by atoms with Crippen LogP contribution in [0.3, 0.4) is 0 Å². The van der Waals surface area contributed by atoms with Gasteiger partial charge in [-0.3, -0.25) is 10.1 Å². The zero-order valence-corrected chi connectivity index (χ0v) is 8.55. The van der Waals surface area contributed by atoms with Crippen molar-refractivity contribution >= 4 is 10.9 Å². The number of nitrogens with zero attached hydrogens (tertiary/aromatic N) is 2. The molecular weight excluding hydrogens is 162 g/mol. The summed E-state index contributed by atoms with van der Waals surface area (Å²) in [7, 11) is 0. The molecule has 0 bridgehead atoms. The second kappa shape index (κ2) is 4.03. The number of rotatable bonds is 0. The van der Waals surface area contributed by atoms with Crippen molar-refractivity contribution in [3.63, 3.8) is 0 Å². The van der Waals surface area contributed by atoms with Gasteiger partial charge in [-0.25, -0.2) is 0 Å². The molecule has 3 nitrogen and oxygen atoms in total. The average molecular weight is 177 g/mol. The number of nitrogens with one attached hydrogen (secondary N) is 1. The molecule has 0 atom stereocenters. The van der Waals surface area contributed by atoms with E-state index in [9.17, 15) is 0 Å². The molecule has 2 heterocycles. The molecule has 0 aliphatic heterocycles. The van der Waals surface area contributed by atoms with Crippen LogP contribution in [0.1, 0.15) is 25.1 Å². The van der Waals surface area contributed by atoms with Gasteiger partial charge < -0.3 is 0 Å². The Morgan fingerprint density at radius 1 is 1.15 bits per heavy atom. The standard InChI is InChI=1S/C8H9N3.C2H6/c1-5-3-9-6(2)7-4-10-11-8(5)7;1-2/h3-4H,1-2H3,(H,10,11);1-2H3. The molecule has 0 amide bonds. The summed E-state index contributed by atoms with van der Waals surface area (Å²) in [6.45, 7) is 8.00. The lowest BCUT2D eigenvalue weighted by Gasteiger charge is -1.96. The fourth-order valence-corrected chi connectivity index (χ4v) is 1.19. The quantitative estimate of drug-likeness (QED) is 0.672. The Labute approximate surface area is 78.2 Å². The molecule has 3 heteroatoms. The molecule has 2 aromatic heterocycles. The van der Waals surface area contributed by atoms with Gasteiger partial charge >= 0.3 is 0 Å². The van der Waals surface area contributed by atoms with E-state index in [4.69, 9.17) is 0 Å². The van der Waals surface area contributed by atoms with Gasteiger partial charge in [0.05, 0.1) is 11.7 Å². The normalized spacial score (nSPS) is 9.54. The minimum Gasteiger partial charge on any atom is -0.277 e. The van der Waals surface area contributed by atoms with E-state index in [1.165, 1.54) is 0 Å². The van der Waals surface area contributed by atoms with Crippen LogP contribution in [0.2, 0.25) is 0 Å². The number of pyridine rings is 1. The van der Waals surface area contributed by atoms with E-state index < -0.39 is 0 Å². The van der Waals surface area contributed by atoms with Crippen molar-refractivity contribution in [1.29, 1.82) is 0 Å².